The van der Waals surface area contributed by atoms with E-state index in [1.54, 1.807) is 19.1 Å². The van der Waals surface area contributed by atoms with Crippen molar-refractivity contribution in [3.8, 4) is 0 Å². The summed E-state index contributed by atoms with van der Waals surface area (Å²) in [5, 5.41) is 6.19. The number of hydrogen-bond acceptors (Lipinski definition) is 3. The van der Waals surface area contributed by atoms with Crippen molar-refractivity contribution >= 4 is 23.1 Å². The number of carbonyl (C=O) groups is 2. The normalized spacial score (nSPS) is 11.0. The van der Waals surface area contributed by atoms with Crippen LogP contribution in [0.1, 0.15) is 50.0 Å². The summed E-state index contributed by atoms with van der Waals surface area (Å²) < 4.78 is 0. The maximum absolute atomic E-state index is 12.3. The standard InChI is InChI=1S/C21H26N2O2/c1-15(24)16-8-7-9-17(14-16)22-13-12-20(25)23-19-11-6-5-10-18(19)21(2,3)4/h5-11,14,22H,12-13H2,1-4H3,(H,23,25). The van der Waals surface area contributed by atoms with Crippen molar-refractivity contribution < 1.29 is 9.59 Å². The fourth-order valence-corrected chi connectivity index (χ4v) is 2.63. The minimum Gasteiger partial charge on any atom is -0.385 e. The van der Waals surface area contributed by atoms with Gasteiger partial charge in [-0.3, -0.25) is 9.59 Å². The number of rotatable bonds is 6. The lowest BCUT2D eigenvalue weighted by Gasteiger charge is -2.23. The molecule has 0 radical (unpaired) electrons. The van der Waals surface area contributed by atoms with Crippen molar-refractivity contribution in [2.45, 2.75) is 39.5 Å². The van der Waals surface area contributed by atoms with Gasteiger partial charge in [0, 0.05) is 29.9 Å². The molecule has 0 bridgehead atoms. The molecule has 0 unspecified atom stereocenters. The van der Waals surface area contributed by atoms with Gasteiger partial charge in [0.2, 0.25) is 5.91 Å². The molecule has 0 aromatic heterocycles. The van der Waals surface area contributed by atoms with Crippen LogP contribution < -0.4 is 10.6 Å². The lowest BCUT2D eigenvalue weighted by atomic mass is 9.86. The Morgan fingerprint density at radius 2 is 1.72 bits per heavy atom. The zero-order chi connectivity index (χ0) is 18.4. The zero-order valence-electron chi connectivity index (χ0n) is 15.3. The molecule has 4 nitrogen and oxygen atoms in total. The number of ketones is 1. The number of nitrogens with one attached hydrogen (secondary N) is 2. The second-order valence-corrected chi connectivity index (χ2v) is 7.16. The van der Waals surface area contributed by atoms with Gasteiger partial charge in [-0.1, -0.05) is 51.1 Å². The second kappa shape index (κ2) is 7.97. The van der Waals surface area contributed by atoms with Gasteiger partial charge in [-0.2, -0.15) is 0 Å². The summed E-state index contributed by atoms with van der Waals surface area (Å²) in [6.45, 7) is 8.43. The molecule has 0 spiro atoms. The lowest BCUT2D eigenvalue weighted by Crippen LogP contribution is -2.20. The molecule has 1 amide bonds. The molecule has 2 rings (SSSR count). The van der Waals surface area contributed by atoms with E-state index in [0.29, 0.717) is 18.5 Å². The largest absolute Gasteiger partial charge is 0.385 e. The summed E-state index contributed by atoms with van der Waals surface area (Å²) in [4.78, 5) is 23.7. The lowest BCUT2D eigenvalue weighted by molar-refractivity contribution is -0.115. The molecule has 0 aliphatic rings. The molecule has 0 aliphatic carbocycles. The van der Waals surface area contributed by atoms with E-state index in [4.69, 9.17) is 0 Å². The first-order valence-electron chi connectivity index (χ1n) is 8.51. The van der Waals surface area contributed by atoms with Crippen molar-refractivity contribution in [3.05, 3.63) is 59.7 Å². The molecular weight excluding hydrogens is 312 g/mol. The van der Waals surface area contributed by atoms with Crippen LogP contribution in [0, 0.1) is 0 Å². The third-order valence-electron chi connectivity index (χ3n) is 3.96. The Labute approximate surface area is 149 Å². The number of para-hydroxylation sites is 1. The van der Waals surface area contributed by atoms with Crippen LogP contribution >= 0.6 is 0 Å². The smallest absolute Gasteiger partial charge is 0.226 e. The fraction of sp³-hybridized carbons (Fsp3) is 0.333. The van der Waals surface area contributed by atoms with E-state index in [0.717, 1.165) is 16.9 Å². The van der Waals surface area contributed by atoms with Gasteiger partial charge in [0.15, 0.2) is 5.78 Å². The summed E-state index contributed by atoms with van der Waals surface area (Å²) in [6.07, 6.45) is 0.350. The predicted molar refractivity (Wildman–Crippen MR) is 103 cm³/mol. The zero-order valence-corrected chi connectivity index (χ0v) is 15.3. The SMILES string of the molecule is CC(=O)c1cccc(NCCC(=O)Nc2ccccc2C(C)(C)C)c1. The van der Waals surface area contributed by atoms with Gasteiger partial charge in [0.05, 0.1) is 0 Å². The number of benzene rings is 2. The minimum atomic E-state index is -0.0353. The Balaban J connectivity index is 1.92. The van der Waals surface area contributed by atoms with E-state index in [2.05, 4.69) is 31.4 Å². The fourth-order valence-electron chi connectivity index (χ4n) is 2.63. The van der Waals surface area contributed by atoms with Gasteiger partial charge in [-0.15, -0.1) is 0 Å². The molecule has 0 saturated heterocycles. The van der Waals surface area contributed by atoms with Crippen molar-refractivity contribution in [1.82, 2.24) is 0 Å². The number of hydrogen-bond donors (Lipinski definition) is 2. The summed E-state index contributed by atoms with van der Waals surface area (Å²) in [5.74, 6) is -0.00731. The van der Waals surface area contributed by atoms with E-state index in [-0.39, 0.29) is 17.1 Å². The maximum Gasteiger partial charge on any atom is 0.226 e. The van der Waals surface area contributed by atoms with Gasteiger partial charge in [0.1, 0.15) is 0 Å². The topological polar surface area (TPSA) is 58.2 Å². The second-order valence-electron chi connectivity index (χ2n) is 7.16. The van der Waals surface area contributed by atoms with E-state index in [1.165, 1.54) is 0 Å². The van der Waals surface area contributed by atoms with Crippen LogP contribution in [-0.4, -0.2) is 18.2 Å². The third-order valence-corrected chi connectivity index (χ3v) is 3.96. The van der Waals surface area contributed by atoms with Crippen LogP contribution in [-0.2, 0) is 10.2 Å². The molecule has 2 N–H and O–H groups in total. The van der Waals surface area contributed by atoms with Crippen LogP contribution in [0.4, 0.5) is 11.4 Å². The van der Waals surface area contributed by atoms with Crippen LogP contribution in [0.25, 0.3) is 0 Å². The van der Waals surface area contributed by atoms with E-state index < -0.39 is 0 Å². The molecular formula is C21H26N2O2. The Kier molecular flexibility index (Phi) is 5.97. The van der Waals surface area contributed by atoms with E-state index in [1.807, 2.05) is 36.4 Å². The summed E-state index contributed by atoms with van der Waals surface area (Å²) in [7, 11) is 0. The first-order valence-corrected chi connectivity index (χ1v) is 8.51. The molecule has 4 heteroatoms. The first kappa shape index (κ1) is 18.7. The predicted octanol–water partition coefficient (Wildman–Crippen LogP) is 4.63. The number of carbonyl (C=O) groups excluding carboxylic acids is 2. The molecule has 0 saturated carbocycles. The highest BCUT2D eigenvalue weighted by atomic mass is 16.1. The highest BCUT2D eigenvalue weighted by molar-refractivity contribution is 5.95. The average Bonchev–Trinajstić information content (AvgIpc) is 2.54. The molecule has 0 heterocycles. The Morgan fingerprint density at radius 1 is 1.00 bits per heavy atom. The summed E-state index contributed by atoms with van der Waals surface area (Å²) in [6, 6.07) is 15.2. The molecule has 0 fully saturated rings. The first-order chi connectivity index (χ1) is 11.8. The molecule has 2 aromatic carbocycles. The Hall–Kier alpha value is -2.62. The van der Waals surface area contributed by atoms with Crippen molar-refractivity contribution in [3.63, 3.8) is 0 Å². The van der Waals surface area contributed by atoms with Gasteiger partial charge in [-0.25, -0.2) is 0 Å². The van der Waals surface area contributed by atoms with Gasteiger partial charge < -0.3 is 10.6 Å². The van der Waals surface area contributed by atoms with E-state index >= 15 is 0 Å². The molecule has 0 atom stereocenters. The highest BCUT2D eigenvalue weighted by Crippen LogP contribution is 2.29. The van der Waals surface area contributed by atoms with Crippen molar-refractivity contribution in [2.75, 3.05) is 17.2 Å². The van der Waals surface area contributed by atoms with Crippen molar-refractivity contribution in [1.29, 1.82) is 0 Å². The quantitative estimate of drug-likeness (QED) is 0.755. The molecule has 0 aliphatic heterocycles. The maximum atomic E-state index is 12.3. The van der Waals surface area contributed by atoms with Crippen LogP contribution in [0.3, 0.4) is 0 Å². The van der Waals surface area contributed by atoms with Crippen LogP contribution in [0.5, 0.6) is 0 Å². The van der Waals surface area contributed by atoms with E-state index in [9.17, 15) is 9.59 Å². The molecule has 132 valence electrons. The van der Waals surface area contributed by atoms with Gasteiger partial charge in [0.25, 0.3) is 0 Å². The molecule has 2 aromatic rings. The van der Waals surface area contributed by atoms with Crippen molar-refractivity contribution in [2.24, 2.45) is 0 Å². The Morgan fingerprint density at radius 3 is 2.40 bits per heavy atom. The monoisotopic (exact) mass is 338 g/mol. The van der Waals surface area contributed by atoms with Crippen LogP contribution in [0.2, 0.25) is 0 Å². The number of Topliss-reactive ketones (excluding diaryl/α,β-unsaturated/α-hetero) is 1. The minimum absolute atomic E-state index is 0.0279. The number of amides is 1. The third kappa shape index (κ3) is 5.45. The highest BCUT2D eigenvalue weighted by Gasteiger charge is 2.18. The Bertz CT molecular complexity index is 760. The van der Waals surface area contributed by atoms with Gasteiger partial charge in [-0.05, 0) is 36.1 Å². The summed E-state index contributed by atoms with van der Waals surface area (Å²) in [5.41, 5.74) is 3.45. The van der Waals surface area contributed by atoms with Gasteiger partial charge >= 0.3 is 0 Å². The molecule has 25 heavy (non-hydrogen) atoms. The number of anilines is 2. The van der Waals surface area contributed by atoms with Crippen LogP contribution in [0.15, 0.2) is 48.5 Å². The summed E-state index contributed by atoms with van der Waals surface area (Å²) >= 11 is 0. The average molecular weight is 338 g/mol.